The Labute approximate surface area is 119 Å². The molecule has 1 rings (SSSR count). The van der Waals surface area contributed by atoms with Gasteiger partial charge in [0.1, 0.15) is 0 Å². The molecule has 20 heavy (non-hydrogen) atoms. The summed E-state index contributed by atoms with van der Waals surface area (Å²) in [5.74, 6) is -0.230. The number of anilines is 1. The molecule has 1 aromatic carbocycles. The van der Waals surface area contributed by atoms with Crippen LogP contribution in [0.5, 0.6) is 0 Å². The van der Waals surface area contributed by atoms with Crippen LogP contribution >= 0.6 is 0 Å². The van der Waals surface area contributed by atoms with Gasteiger partial charge in [0.15, 0.2) is 0 Å². The molecule has 4 N–H and O–H groups in total. The second kappa shape index (κ2) is 7.66. The van der Waals surface area contributed by atoms with E-state index in [4.69, 9.17) is 5.73 Å². The quantitative estimate of drug-likeness (QED) is 0.384. The van der Waals surface area contributed by atoms with Crippen LogP contribution in [0.25, 0.3) is 6.08 Å². The van der Waals surface area contributed by atoms with Crippen LogP contribution in [0.2, 0.25) is 0 Å². The molecule has 0 aliphatic carbocycles. The number of hydrogen-bond donors (Lipinski definition) is 3. The van der Waals surface area contributed by atoms with Crippen molar-refractivity contribution >= 4 is 27.7 Å². The minimum absolute atomic E-state index is 0.230. The van der Waals surface area contributed by atoms with Crippen molar-refractivity contribution in [3.05, 3.63) is 35.9 Å². The summed E-state index contributed by atoms with van der Waals surface area (Å²) in [6.07, 6.45) is 4.71. The van der Waals surface area contributed by atoms with Gasteiger partial charge in [-0.05, 0) is 30.2 Å². The number of nitrogens with one attached hydrogen (secondary N) is 2. The number of amides is 1. The first kappa shape index (κ1) is 16.2. The molecule has 0 saturated carbocycles. The van der Waals surface area contributed by atoms with Gasteiger partial charge in [0.25, 0.3) is 0 Å². The molecule has 0 atom stereocenters. The first-order valence-corrected chi connectivity index (χ1v) is 8.02. The zero-order valence-electron chi connectivity index (χ0n) is 11.3. The first-order chi connectivity index (χ1) is 9.37. The van der Waals surface area contributed by atoms with Gasteiger partial charge in [-0.25, -0.2) is 13.1 Å². The molecule has 0 unspecified atom stereocenters. The van der Waals surface area contributed by atoms with Gasteiger partial charge in [-0.1, -0.05) is 12.1 Å². The number of nitrogen functional groups attached to an aromatic ring is 1. The second-order valence-electron chi connectivity index (χ2n) is 4.31. The maximum atomic E-state index is 11.5. The monoisotopic (exact) mass is 297 g/mol. The summed E-state index contributed by atoms with van der Waals surface area (Å²) in [6.45, 7) is 0.709. The smallest absolute Gasteiger partial charge is 0.243 e. The van der Waals surface area contributed by atoms with Crippen LogP contribution in [0, 0.1) is 0 Å². The molecule has 0 spiro atoms. The molecule has 0 heterocycles. The summed E-state index contributed by atoms with van der Waals surface area (Å²) >= 11 is 0. The molecule has 1 amide bonds. The average molecular weight is 297 g/mol. The lowest BCUT2D eigenvalue weighted by Crippen LogP contribution is -2.28. The number of hydrogen-bond acceptors (Lipinski definition) is 4. The van der Waals surface area contributed by atoms with Crippen LogP contribution in [0.4, 0.5) is 5.69 Å². The first-order valence-electron chi connectivity index (χ1n) is 6.13. The van der Waals surface area contributed by atoms with Crippen LogP contribution in [0.15, 0.2) is 30.3 Å². The number of nitrogens with two attached hydrogens (primary N) is 1. The number of carbonyl (C=O) groups excluding carboxylic acids is 1. The third kappa shape index (κ3) is 7.55. The number of sulfonamides is 1. The highest BCUT2D eigenvalue weighted by molar-refractivity contribution is 7.88. The Balaban J connectivity index is 2.27. The van der Waals surface area contributed by atoms with Crippen molar-refractivity contribution in [3.8, 4) is 0 Å². The van der Waals surface area contributed by atoms with E-state index in [1.807, 2.05) is 12.1 Å². The number of carbonyl (C=O) groups is 1. The fourth-order valence-electron chi connectivity index (χ4n) is 1.45. The topological polar surface area (TPSA) is 101 Å². The minimum atomic E-state index is -3.16. The highest BCUT2D eigenvalue weighted by atomic mass is 32.2. The molecule has 1 aromatic rings. The van der Waals surface area contributed by atoms with Crippen molar-refractivity contribution in [2.75, 3.05) is 25.1 Å². The predicted octanol–water partition coefficient (Wildman–Crippen LogP) is 0.338. The van der Waals surface area contributed by atoms with Crippen LogP contribution < -0.4 is 15.8 Å². The summed E-state index contributed by atoms with van der Waals surface area (Å²) in [5.41, 5.74) is 7.11. The SMILES string of the molecule is CS(=O)(=O)NCCCNC(=O)/C=C/c1cccc(N)c1. The summed E-state index contributed by atoms with van der Waals surface area (Å²) < 4.78 is 23.9. The predicted molar refractivity (Wildman–Crippen MR) is 80.4 cm³/mol. The van der Waals surface area contributed by atoms with E-state index in [-0.39, 0.29) is 5.91 Å². The maximum Gasteiger partial charge on any atom is 0.243 e. The minimum Gasteiger partial charge on any atom is -0.399 e. The lowest BCUT2D eigenvalue weighted by atomic mass is 10.2. The lowest BCUT2D eigenvalue weighted by Gasteiger charge is -2.03. The summed E-state index contributed by atoms with van der Waals surface area (Å²) in [4.78, 5) is 11.5. The van der Waals surface area contributed by atoms with E-state index >= 15 is 0 Å². The third-order valence-electron chi connectivity index (χ3n) is 2.35. The Bertz CT molecular complexity index is 582. The Morgan fingerprint density at radius 2 is 2.10 bits per heavy atom. The van der Waals surface area contributed by atoms with Gasteiger partial charge in [0.2, 0.25) is 15.9 Å². The number of benzene rings is 1. The Morgan fingerprint density at radius 1 is 1.35 bits per heavy atom. The van der Waals surface area contributed by atoms with E-state index in [2.05, 4.69) is 10.0 Å². The molecule has 0 aliphatic rings. The van der Waals surface area contributed by atoms with Gasteiger partial charge in [-0.2, -0.15) is 0 Å². The molecule has 110 valence electrons. The van der Waals surface area contributed by atoms with Gasteiger partial charge in [-0.15, -0.1) is 0 Å². The van der Waals surface area contributed by atoms with Crippen molar-refractivity contribution in [1.29, 1.82) is 0 Å². The summed E-state index contributed by atoms with van der Waals surface area (Å²) in [6, 6.07) is 7.19. The second-order valence-corrected chi connectivity index (χ2v) is 6.15. The highest BCUT2D eigenvalue weighted by Crippen LogP contribution is 2.07. The standard InChI is InChI=1S/C13H19N3O3S/c1-20(18,19)16-9-3-8-15-13(17)7-6-11-4-2-5-12(14)10-11/h2,4-7,10,16H,3,8-9,14H2,1H3,(H,15,17)/b7-6+. The van der Waals surface area contributed by atoms with Crippen LogP contribution in [-0.2, 0) is 14.8 Å². The molecule has 0 bridgehead atoms. The average Bonchev–Trinajstić information content (AvgIpc) is 2.35. The van der Waals surface area contributed by atoms with Crippen LogP contribution in [-0.4, -0.2) is 33.7 Å². The molecule has 0 aliphatic heterocycles. The lowest BCUT2D eigenvalue weighted by molar-refractivity contribution is -0.116. The van der Waals surface area contributed by atoms with E-state index < -0.39 is 10.0 Å². The van der Waals surface area contributed by atoms with E-state index in [1.165, 1.54) is 6.08 Å². The molecular formula is C13H19N3O3S. The van der Waals surface area contributed by atoms with Crippen molar-refractivity contribution in [2.45, 2.75) is 6.42 Å². The Morgan fingerprint density at radius 3 is 2.75 bits per heavy atom. The molecule has 0 saturated heterocycles. The summed E-state index contributed by atoms with van der Waals surface area (Å²) in [7, 11) is -3.16. The van der Waals surface area contributed by atoms with E-state index in [9.17, 15) is 13.2 Å². The van der Waals surface area contributed by atoms with E-state index in [0.29, 0.717) is 25.2 Å². The Kier molecular flexibility index (Phi) is 6.20. The largest absolute Gasteiger partial charge is 0.399 e. The van der Waals surface area contributed by atoms with Gasteiger partial charge >= 0.3 is 0 Å². The molecule has 0 fully saturated rings. The molecule has 7 heteroatoms. The van der Waals surface area contributed by atoms with Crippen LogP contribution in [0.1, 0.15) is 12.0 Å². The van der Waals surface area contributed by atoms with Gasteiger partial charge < -0.3 is 11.1 Å². The fraction of sp³-hybridized carbons (Fsp3) is 0.308. The zero-order chi connectivity index (χ0) is 15.0. The summed E-state index contributed by atoms with van der Waals surface area (Å²) in [5, 5.41) is 2.66. The van der Waals surface area contributed by atoms with Gasteiger partial charge in [0, 0.05) is 24.9 Å². The number of rotatable bonds is 7. The van der Waals surface area contributed by atoms with Crippen molar-refractivity contribution < 1.29 is 13.2 Å². The van der Waals surface area contributed by atoms with Gasteiger partial charge in [0.05, 0.1) is 6.26 Å². The van der Waals surface area contributed by atoms with Crippen molar-refractivity contribution in [1.82, 2.24) is 10.0 Å². The van der Waals surface area contributed by atoms with E-state index in [0.717, 1.165) is 11.8 Å². The van der Waals surface area contributed by atoms with Crippen molar-refractivity contribution in [3.63, 3.8) is 0 Å². The van der Waals surface area contributed by atoms with Crippen LogP contribution in [0.3, 0.4) is 0 Å². The normalized spacial score (nSPS) is 11.7. The highest BCUT2D eigenvalue weighted by Gasteiger charge is 1.99. The molecular weight excluding hydrogens is 278 g/mol. The third-order valence-corrected chi connectivity index (χ3v) is 3.08. The molecule has 0 aromatic heterocycles. The zero-order valence-corrected chi connectivity index (χ0v) is 12.1. The van der Waals surface area contributed by atoms with Gasteiger partial charge in [-0.3, -0.25) is 4.79 Å². The maximum absolute atomic E-state index is 11.5. The molecule has 0 radical (unpaired) electrons. The Hall–Kier alpha value is -1.86. The van der Waals surface area contributed by atoms with E-state index in [1.54, 1.807) is 18.2 Å². The van der Waals surface area contributed by atoms with Crippen molar-refractivity contribution in [2.24, 2.45) is 0 Å². The molecule has 6 nitrogen and oxygen atoms in total. The fourth-order valence-corrected chi connectivity index (χ4v) is 1.97.